The molecule has 1 saturated heterocycles. The largest absolute Gasteiger partial charge is 0.379 e. The van der Waals surface area contributed by atoms with Gasteiger partial charge in [-0.25, -0.2) is 4.98 Å². The number of nitrogens with zero attached hydrogens (tertiary/aromatic N) is 1. The molecule has 1 aromatic rings. The molecule has 1 aliphatic rings. The molecule has 2 heterocycles. The van der Waals surface area contributed by atoms with E-state index >= 15 is 0 Å². The van der Waals surface area contributed by atoms with Crippen molar-refractivity contribution < 1.29 is 9.53 Å². The minimum Gasteiger partial charge on any atom is -0.379 e. The summed E-state index contributed by atoms with van der Waals surface area (Å²) in [5, 5.41) is 3.27. The number of ether oxygens (including phenoxy) is 1. The first-order valence-electron chi connectivity index (χ1n) is 4.61. The van der Waals surface area contributed by atoms with Crippen LogP contribution >= 0.6 is 11.6 Å². The van der Waals surface area contributed by atoms with E-state index in [9.17, 15) is 4.79 Å². The standard InChI is InChI=1S/C10H11ClN2O2/c1-10(5-15-6-10)9(14)13-8-3-2-7(11)4-12-8/h2-4H,5-6H2,1H3,(H,12,13,14). The SMILES string of the molecule is CC1(C(=O)Nc2ccc(Cl)cn2)COC1. The van der Waals surface area contributed by atoms with Gasteiger partial charge < -0.3 is 10.1 Å². The Hall–Kier alpha value is -1.13. The maximum atomic E-state index is 11.7. The molecule has 1 N–H and O–H groups in total. The van der Waals surface area contributed by atoms with Crippen LogP contribution in [0.15, 0.2) is 18.3 Å². The van der Waals surface area contributed by atoms with Crippen molar-refractivity contribution in [3.05, 3.63) is 23.4 Å². The minimum absolute atomic E-state index is 0.0661. The van der Waals surface area contributed by atoms with Crippen LogP contribution in [0.25, 0.3) is 0 Å². The molecule has 0 unspecified atom stereocenters. The quantitative estimate of drug-likeness (QED) is 0.835. The van der Waals surface area contributed by atoms with Gasteiger partial charge in [0.2, 0.25) is 5.91 Å². The van der Waals surface area contributed by atoms with Crippen molar-refractivity contribution >= 4 is 23.3 Å². The highest BCUT2D eigenvalue weighted by Gasteiger charge is 2.41. The summed E-state index contributed by atoms with van der Waals surface area (Å²) in [5.41, 5.74) is -0.415. The molecule has 1 fully saturated rings. The van der Waals surface area contributed by atoms with Gasteiger partial charge in [-0.3, -0.25) is 4.79 Å². The first-order valence-corrected chi connectivity index (χ1v) is 4.99. The summed E-state index contributed by atoms with van der Waals surface area (Å²) < 4.78 is 5.01. The molecule has 15 heavy (non-hydrogen) atoms. The van der Waals surface area contributed by atoms with Crippen LogP contribution in [0.4, 0.5) is 5.82 Å². The van der Waals surface area contributed by atoms with Gasteiger partial charge in [-0.2, -0.15) is 0 Å². The van der Waals surface area contributed by atoms with Gasteiger partial charge in [-0.1, -0.05) is 11.6 Å². The van der Waals surface area contributed by atoms with Crippen molar-refractivity contribution in [1.82, 2.24) is 4.98 Å². The monoisotopic (exact) mass is 226 g/mol. The van der Waals surface area contributed by atoms with Gasteiger partial charge in [0.15, 0.2) is 0 Å². The fraction of sp³-hybridized carbons (Fsp3) is 0.400. The fourth-order valence-corrected chi connectivity index (χ4v) is 1.37. The Morgan fingerprint density at radius 1 is 1.60 bits per heavy atom. The van der Waals surface area contributed by atoms with E-state index in [1.807, 2.05) is 6.92 Å². The average molecular weight is 227 g/mol. The third-order valence-electron chi connectivity index (χ3n) is 2.36. The number of aromatic nitrogens is 1. The molecule has 0 spiro atoms. The van der Waals surface area contributed by atoms with Crippen molar-refractivity contribution in [2.75, 3.05) is 18.5 Å². The predicted octanol–water partition coefficient (Wildman–Crippen LogP) is 1.71. The smallest absolute Gasteiger partial charge is 0.236 e. The van der Waals surface area contributed by atoms with E-state index < -0.39 is 5.41 Å². The van der Waals surface area contributed by atoms with Crippen LogP contribution in [0.3, 0.4) is 0 Å². The van der Waals surface area contributed by atoms with Gasteiger partial charge in [0, 0.05) is 6.20 Å². The van der Waals surface area contributed by atoms with Crippen LogP contribution in [0.2, 0.25) is 5.02 Å². The van der Waals surface area contributed by atoms with Crippen LogP contribution in [-0.4, -0.2) is 24.1 Å². The summed E-state index contributed by atoms with van der Waals surface area (Å²) in [4.78, 5) is 15.7. The van der Waals surface area contributed by atoms with Gasteiger partial charge >= 0.3 is 0 Å². The molecule has 2 rings (SSSR count). The molecule has 0 radical (unpaired) electrons. The molecule has 80 valence electrons. The summed E-state index contributed by atoms with van der Waals surface area (Å²) in [6.45, 7) is 2.79. The second kappa shape index (κ2) is 3.79. The van der Waals surface area contributed by atoms with E-state index in [-0.39, 0.29) is 5.91 Å². The van der Waals surface area contributed by atoms with E-state index in [4.69, 9.17) is 16.3 Å². The van der Waals surface area contributed by atoms with Crippen LogP contribution in [-0.2, 0) is 9.53 Å². The number of nitrogens with one attached hydrogen (secondary N) is 1. The average Bonchev–Trinajstić information content (AvgIpc) is 2.18. The Morgan fingerprint density at radius 3 is 2.80 bits per heavy atom. The molecule has 0 bridgehead atoms. The lowest BCUT2D eigenvalue weighted by Gasteiger charge is -2.36. The molecule has 0 aromatic carbocycles. The number of pyridine rings is 1. The van der Waals surface area contributed by atoms with Crippen LogP contribution in [0.5, 0.6) is 0 Å². The number of hydrogen-bond acceptors (Lipinski definition) is 3. The number of halogens is 1. The van der Waals surface area contributed by atoms with Gasteiger partial charge in [0.05, 0.1) is 23.7 Å². The summed E-state index contributed by atoms with van der Waals surface area (Å²) in [6.07, 6.45) is 1.50. The normalized spacial score (nSPS) is 18.0. The van der Waals surface area contributed by atoms with Gasteiger partial charge in [-0.05, 0) is 19.1 Å². The first kappa shape index (κ1) is 10.4. The lowest BCUT2D eigenvalue weighted by atomic mass is 9.88. The van der Waals surface area contributed by atoms with E-state index in [1.54, 1.807) is 12.1 Å². The summed E-state index contributed by atoms with van der Waals surface area (Å²) in [5.74, 6) is 0.445. The van der Waals surface area contributed by atoms with Crippen molar-refractivity contribution in [3.63, 3.8) is 0 Å². The Balaban J connectivity index is 2.02. The topological polar surface area (TPSA) is 51.2 Å². The Labute approximate surface area is 92.6 Å². The second-order valence-corrected chi connectivity index (χ2v) is 4.31. The van der Waals surface area contributed by atoms with E-state index in [2.05, 4.69) is 10.3 Å². The van der Waals surface area contributed by atoms with E-state index in [0.717, 1.165) is 0 Å². The minimum atomic E-state index is -0.415. The van der Waals surface area contributed by atoms with Gasteiger partial charge in [-0.15, -0.1) is 0 Å². The van der Waals surface area contributed by atoms with Crippen molar-refractivity contribution in [2.24, 2.45) is 5.41 Å². The first-order chi connectivity index (χ1) is 7.10. The zero-order valence-corrected chi connectivity index (χ0v) is 9.04. The summed E-state index contributed by atoms with van der Waals surface area (Å²) in [6, 6.07) is 3.35. The molecule has 5 heteroatoms. The lowest BCUT2D eigenvalue weighted by Crippen LogP contribution is -2.49. The molecule has 4 nitrogen and oxygen atoms in total. The number of carbonyl (C=O) groups excluding carboxylic acids is 1. The zero-order valence-electron chi connectivity index (χ0n) is 8.29. The van der Waals surface area contributed by atoms with Gasteiger partial charge in [0.25, 0.3) is 0 Å². The molecule has 1 amide bonds. The van der Waals surface area contributed by atoms with Crippen LogP contribution in [0, 0.1) is 5.41 Å². The Bertz CT molecular complexity index is 374. The van der Waals surface area contributed by atoms with Crippen molar-refractivity contribution in [2.45, 2.75) is 6.92 Å². The molecule has 0 saturated carbocycles. The molecule has 1 aliphatic heterocycles. The lowest BCUT2D eigenvalue weighted by molar-refractivity contribution is -0.151. The molecule has 1 aromatic heterocycles. The highest BCUT2D eigenvalue weighted by molar-refractivity contribution is 6.30. The molecule has 0 atom stereocenters. The van der Waals surface area contributed by atoms with E-state index in [0.29, 0.717) is 24.1 Å². The maximum absolute atomic E-state index is 11.7. The number of carbonyl (C=O) groups is 1. The summed E-state index contributed by atoms with van der Waals surface area (Å²) >= 11 is 5.68. The maximum Gasteiger partial charge on any atom is 0.236 e. The second-order valence-electron chi connectivity index (χ2n) is 3.87. The third kappa shape index (κ3) is 2.11. The highest BCUT2D eigenvalue weighted by Crippen LogP contribution is 2.27. The van der Waals surface area contributed by atoms with Crippen LogP contribution < -0.4 is 5.32 Å². The van der Waals surface area contributed by atoms with Gasteiger partial charge in [0.1, 0.15) is 5.82 Å². The van der Waals surface area contributed by atoms with Crippen molar-refractivity contribution in [3.8, 4) is 0 Å². The molecular formula is C10H11ClN2O2. The van der Waals surface area contributed by atoms with Crippen LogP contribution in [0.1, 0.15) is 6.92 Å². The third-order valence-corrected chi connectivity index (χ3v) is 2.58. The number of anilines is 1. The van der Waals surface area contributed by atoms with E-state index in [1.165, 1.54) is 6.20 Å². The fourth-order valence-electron chi connectivity index (χ4n) is 1.26. The number of amides is 1. The Kier molecular flexibility index (Phi) is 2.63. The number of hydrogen-bond donors (Lipinski definition) is 1. The predicted molar refractivity (Wildman–Crippen MR) is 56.8 cm³/mol. The molecular weight excluding hydrogens is 216 g/mol. The zero-order chi connectivity index (χ0) is 10.9. The number of rotatable bonds is 2. The van der Waals surface area contributed by atoms with Crippen molar-refractivity contribution in [1.29, 1.82) is 0 Å². The summed E-state index contributed by atoms with van der Waals surface area (Å²) in [7, 11) is 0. The highest BCUT2D eigenvalue weighted by atomic mass is 35.5. The molecule has 0 aliphatic carbocycles. The Morgan fingerprint density at radius 2 is 2.33 bits per heavy atom.